The van der Waals surface area contributed by atoms with Gasteiger partial charge in [0.2, 0.25) is 11.8 Å². The molecule has 2 aliphatic rings. The quantitative estimate of drug-likeness (QED) is 0.0547. The molecular weight excluding hydrogens is 998 g/mol. The molecule has 0 aromatic heterocycles. The largest absolute Gasteiger partial charge is 0.338 e. The Morgan fingerprint density at radius 3 is 1.29 bits per heavy atom. The molecule has 366 valence electrons. The summed E-state index contributed by atoms with van der Waals surface area (Å²) in [6.07, 6.45) is 1.20. The maximum Gasteiger partial charge on any atom is 0.314 e. The lowest BCUT2D eigenvalue weighted by Gasteiger charge is -2.33. The number of hydrogen-bond acceptors (Lipinski definition) is 10. The predicted molar refractivity (Wildman–Crippen MR) is 263 cm³/mol. The Balaban J connectivity index is 0.812. The Bertz CT molecular complexity index is 2560. The van der Waals surface area contributed by atoms with Gasteiger partial charge in [0.15, 0.2) is 0 Å². The van der Waals surface area contributed by atoms with Gasteiger partial charge in [-0.2, -0.15) is 0 Å². The first kappa shape index (κ1) is 52.7. The van der Waals surface area contributed by atoms with Crippen LogP contribution in [0.1, 0.15) is 83.7 Å². The normalized spacial score (nSPS) is 16.2. The molecule has 0 saturated heterocycles. The highest BCUT2D eigenvalue weighted by atomic mass is 35.5. The van der Waals surface area contributed by atoms with Gasteiger partial charge in [0.05, 0.1) is 9.79 Å². The molecule has 16 nitrogen and oxygen atoms in total. The van der Waals surface area contributed by atoms with Crippen molar-refractivity contribution >= 4 is 90.3 Å². The van der Waals surface area contributed by atoms with Crippen LogP contribution in [-0.2, 0) is 42.7 Å². The monoisotopic (exact) mass is 1050 g/mol. The third-order valence-corrected chi connectivity index (χ3v) is 15.4. The van der Waals surface area contributed by atoms with Gasteiger partial charge in [0, 0.05) is 97.1 Å². The molecule has 68 heavy (non-hydrogen) atoms. The molecule has 6 amide bonds. The lowest BCUT2D eigenvalue weighted by molar-refractivity contribution is -0.120. The number of halogens is 4. The average molecular weight is 1050 g/mol. The fraction of sp³-hybridized carbons (Fsp3) is 0.391. The summed E-state index contributed by atoms with van der Waals surface area (Å²) in [7, 11) is -4.44. The van der Waals surface area contributed by atoms with Gasteiger partial charge >= 0.3 is 12.1 Å². The first-order chi connectivity index (χ1) is 32.3. The molecule has 6 N–H and O–H groups in total. The molecule has 0 aliphatic carbocycles. The molecule has 2 heterocycles. The maximum atomic E-state index is 13.2. The van der Waals surface area contributed by atoms with Crippen molar-refractivity contribution in [1.29, 1.82) is 0 Å². The fourth-order valence-electron chi connectivity index (χ4n) is 8.26. The smallest absolute Gasteiger partial charge is 0.314 e. The standard InChI is InChI=1S/C46H54Cl4N8O8S2/c1-57-25-37(35-21-31(47)23-41(49)39(35)27-57)29-9-5-11-33(19-29)67(63,64)55-43(59)13-7-17-53-45(61)51-15-3-4-16-52-46(62)54-18-8-14-44(60)56-68(65,66)34-12-6-10-30(20-34)38-26-58(2)28-40-36(38)22-32(48)24-42(40)50/h5-6,9-12,19-24,37-38H,3-4,7-8,13-18,25-28H2,1-2H3,(H,55,59)(H,56,60)(H2,51,53,61)(H2,52,54,62). The van der Waals surface area contributed by atoms with Gasteiger partial charge in [-0.05, 0) is 122 Å². The van der Waals surface area contributed by atoms with Gasteiger partial charge in [-0.3, -0.25) is 9.59 Å². The SMILES string of the molecule is CN1Cc2c(Cl)cc(Cl)cc2C(c2cccc(S(=O)(=O)NC(=O)CCCNC(=O)NCCCCNC(=O)NCCCC(=O)NS(=O)(=O)c3cccc(C4CN(C)Cc5c(Cl)cc(Cl)cc54)c3)c2)C1. The van der Waals surface area contributed by atoms with Crippen molar-refractivity contribution in [3.8, 4) is 0 Å². The average Bonchev–Trinajstić information content (AvgIpc) is 3.27. The topological polar surface area (TPSA) is 215 Å². The summed E-state index contributed by atoms with van der Waals surface area (Å²) in [5, 5.41) is 12.7. The predicted octanol–water partition coefficient (Wildman–Crippen LogP) is 6.70. The summed E-state index contributed by atoms with van der Waals surface area (Å²) in [4.78, 5) is 53.8. The van der Waals surface area contributed by atoms with Gasteiger partial charge < -0.3 is 31.1 Å². The zero-order chi connectivity index (χ0) is 49.2. The molecule has 0 saturated carbocycles. The van der Waals surface area contributed by atoms with Crippen molar-refractivity contribution in [1.82, 2.24) is 40.5 Å². The number of carbonyl (C=O) groups is 4. The van der Waals surface area contributed by atoms with Gasteiger partial charge in [-0.1, -0.05) is 70.7 Å². The Hall–Kier alpha value is -4.66. The third kappa shape index (κ3) is 14.4. The molecule has 0 bridgehead atoms. The van der Waals surface area contributed by atoms with Crippen molar-refractivity contribution in [2.75, 3.05) is 53.4 Å². The van der Waals surface area contributed by atoms with Crippen LogP contribution in [0, 0.1) is 0 Å². The van der Waals surface area contributed by atoms with Gasteiger partial charge in [0.25, 0.3) is 20.0 Å². The number of amides is 6. The van der Waals surface area contributed by atoms with Gasteiger partial charge in [-0.25, -0.2) is 35.9 Å². The molecular formula is C46H54Cl4N8O8S2. The van der Waals surface area contributed by atoms with Crippen LogP contribution in [0.5, 0.6) is 0 Å². The van der Waals surface area contributed by atoms with E-state index in [1.54, 1.807) is 36.4 Å². The highest BCUT2D eigenvalue weighted by Crippen LogP contribution is 2.40. The van der Waals surface area contributed by atoms with E-state index in [9.17, 15) is 36.0 Å². The van der Waals surface area contributed by atoms with Crippen molar-refractivity contribution in [3.05, 3.63) is 126 Å². The Morgan fingerprint density at radius 2 is 0.912 bits per heavy atom. The van der Waals surface area contributed by atoms with Crippen molar-refractivity contribution in [2.45, 2.75) is 73.2 Å². The minimum atomic E-state index is -4.18. The summed E-state index contributed by atoms with van der Waals surface area (Å²) in [6.45, 7) is 3.37. The van der Waals surface area contributed by atoms with E-state index in [0.29, 0.717) is 72.2 Å². The molecule has 0 radical (unpaired) electrons. The van der Waals surface area contributed by atoms with Crippen molar-refractivity contribution < 1.29 is 36.0 Å². The van der Waals surface area contributed by atoms with Crippen LogP contribution >= 0.6 is 46.4 Å². The number of hydrogen-bond donors (Lipinski definition) is 6. The summed E-state index contributed by atoms with van der Waals surface area (Å²) in [5.41, 5.74) is 5.19. The summed E-state index contributed by atoms with van der Waals surface area (Å²) >= 11 is 25.6. The number of sulfonamides is 2. The zero-order valence-electron chi connectivity index (χ0n) is 37.5. The Kier molecular flexibility index (Phi) is 18.4. The van der Waals surface area contributed by atoms with E-state index in [2.05, 4.69) is 40.5 Å². The van der Waals surface area contributed by atoms with Crippen LogP contribution in [-0.4, -0.2) is 104 Å². The lowest BCUT2D eigenvalue weighted by atomic mass is 9.85. The summed E-state index contributed by atoms with van der Waals surface area (Å²) in [5.74, 6) is -1.80. The highest BCUT2D eigenvalue weighted by Gasteiger charge is 2.30. The lowest BCUT2D eigenvalue weighted by Crippen LogP contribution is -2.38. The second-order valence-corrected chi connectivity index (χ2v) is 21.9. The number of nitrogens with one attached hydrogen (secondary N) is 6. The first-order valence-electron chi connectivity index (χ1n) is 22.0. The molecule has 4 aromatic carbocycles. The van der Waals surface area contributed by atoms with E-state index < -0.39 is 43.9 Å². The molecule has 0 spiro atoms. The number of unbranched alkanes of at least 4 members (excludes halogenated alkanes) is 1. The molecule has 22 heteroatoms. The molecule has 4 aromatic rings. The van der Waals surface area contributed by atoms with E-state index in [4.69, 9.17) is 46.4 Å². The van der Waals surface area contributed by atoms with E-state index in [1.165, 1.54) is 12.1 Å². The third-order valence-electron chi connectivity index (χ3n) is 11.5. The van der Waals surface area contributed by atoms with E-state index in [1.807, 2.05) is 38.4 Å². The van der Waals surface area contributed by atoms with E-state index in [0.717, 1.165) is 33.4 Å². The fourth-order valence-corrected chi connectivity index (χ4v) is 11.5. The maximum absolute atomic E-state index is 13.2. The zero-order valence-corrected chi connectivity index (χ0v) is 42.1. The molecule has 0 fully saturated rings. The molecule has 2 atom stereocenters. The van der Waals surface area contributed by atoms with Crippen molar-refractivity contribution in [2.24, 2.45) is 0 Å². The van der Waals surface area contributed by atoms with Crippen LogP contribution in [0.3, 0.4) is 0 Å². The Morgan fingerprint density at radius 1 is 0.544 bits per heavy atom. The summed E-state index contributed by atoms with van der Waals surface area (Å²) < 4.78 is 57.0. The van der Waals surface area contributed by atoms with Crippen LogP contribution in [0.2, 0.25) is 20.1 Å². The van der Waals surface area contributed by atoms with Crippen LogP contribution in [0.4, 0.5) is 9.59 Å². The second-order valence-electron chi connectivity index (χ2n) is 16.9. The van der Waals surface area contributed by atoms with Crippen molar-refractivity contribution in [3.63, 3.8) is 0 Å². The number of fused-ring (bicyclic) bond motifs is 2. The minimum absolute atomic E-state index is 0.0544. The number of benzene rings is 4. The number of likely N-dealkylation sites (N-methyl/N-ethyl adjacent to an activating group) is 2. The van der Waals surface area contributed by atoms with E-state index in [-0.39, 0.29) is 60.4 Å². The van der Waals surface area contributed by atoms with Gasteiger partial charge in [-0.15, -0.1) is 0 Å². The van der Waals surface area contributed by atoms with Crippen LogP contribution in [0.15, 0.2) is 82.6 Å². The molecule has 6 rings (SSSR count). The second kappa shape index (κ2) is 23.8. The highest BCUT2D eigenvalue weighted by molar-refractivity contribution is 7.90. The molecule has 2 unspecified atom stereocenters. The number of rotatable bonds is 19. The minimum Gasteiger partial charge on any atom is -0.338 e. The number of urea groups is 2. The number of nitrogens with zero attached hydrogens (tertiary/aromatic N) is 2. The Labute approximate surface area is 417 Å². The van der Waals surface area contributed by atoms with Crippen LogP contribution < -0.4 is 30.7 Å². The van der Waals surface area contributed by atoms with E-state index >= 15 is 0 Å². The van der Waals surface area contributed by atoms with Gasteiger partial charge in [0.1, 0.15) is 0 Å². The summed E-state index contributed by atoms with van der Waals surface area (Å²) in [6, 6.07) is 19.0. The first-order valence-corrected chi connectivity index (χ1v) is 26.4. The van der Waals surface area contributed by atoms with Crippen LogP contribution in [0.25, 0.3) is 0 Å². The molecule has 2 aliphatic heterocycles. The number of carbonyl (C=O) groups excluding carboxylic acids is 4.